The third kappa shape index (κ3) is 8.86. The number of hydrogen-bond donors (Lipinski definition) is 3. The zero-order valence-electron chi connectivity index (χ0n) is 16.8. The van der Waals surface area contributed by atoms with Crippen LogP contribution in [0.3, 0.4) is 0 Å². The molecule has 0 unspecified atom stereocenters. The van der Waals surface area contributed by atoms with E-state index in [1.807, 2.05) is 0 Å². The number of nitrogens with zero attached hydrogens (tertiary/aromatic N) is 3. The van der Waals surface area contributed by atoms with Gasteiger partial charge in [-0.1, -0.05) is 32.1 Å². The van der Waals surface area contributed by atoms with Crippen LogP contribution in [0.5, 0.6) is 0 Å². The summed E-state index contributed by atoms with van der Waals surface area (Å²) in [5.74, 6) is 1.11. The number of carbonyl (C=O) groups excluding carboxylic acids is 1. The van der Waals surface area contributed by atoms with Gasteiger partial charge in [-0.3, -0.25) is 15.0 Å². The van der Waals surface area contributed by atoms with Crippen LogP contribution in [-0.2, 0) is 4.79 Å². The number of halogens is 2. The maximum absolute atomic E-state index is 11.0. The Balaban J connectivity index is 0.00000210. The molecule has 1 atom stereocenters. The van der Waals surface area contributed by atoms with E-state index >= 15 is 0 Å². The first-order valence-electron chi connectivity index (χ1n) is 10.2. The molecule has 7 nitrogen and oxygen atoms in total. The number of nitrogens with one attached hydrogen (secondary N) is 2. The third-order valence-electron chi connectivity index (χ3n) is 5.62. The van der Waals surface area contributed by atoms with Crippen molar-refractivity contribution >= 4 is 42.6 Å². The van der Waals surface area contributed by atoms with E-state index in [1.54, 1.807) is 17.9 Å². The van der Waals surface area contributed by atoms with E-state index in [0.717, 1.165) is 24.7 Å². The van der Waals surface area contributed by atoms with Crippen LogP contribution in [0.4, 0.5) is 5.82 Å². The summed E-state index contributed by atoms with van der Waals surface area (Å²) in [5, 5.41) is 12.0. The number of piperidine rings is 1. The molecule has 2 fully saturated rings. The van der Waals surface area contributed by atoms with Gasteiger partial charge in [0, 0.05) is 18.7 Å². The molecule has 3 N–H and O–H groups in total. The smallest absolute Gasteiger partial charge is 0.267 e. The second-order valence-corrected chi connectivity index (χ2v) is 7.71. The van der Waals surface area contributed by atoms with Crippen LogP contribution >= 0.6 is 24.8 Å². The van der Waals surface area contributed by atoms with E-state index in [2.05, 4.69) is 20.2 Å². The van der Waals surface area contributed by atoms with Gasteiger partial charge in [0.15, 0.2) is 0 Å². The summed E-state index contributed by atoms with van der Waals surface area (Å²) >= 11 is 0. The lowest BCUT2D eigenvalue weighted by atomic mass is 9.87. The molecule has 1 aliphatic carbocycles. The van der Waals surface area contributed by atoms with Crippen LogP contribution in [0.1, 0.15) is 57.1 Å². The van der Waals surface area contributed by atoms with Crippen molar-refractivity contribution in [2.75, 3.05) is 25.0 Å². The highest BCUT2D eigenvalue weighted by Crippen LogP contribution is 2.27. The predicted molar refractivity (Wildman–Crippen MR) is 120 cm³/mol. The van der Waals surface area contributed by atoms with Crippen molar-refractivity contribution in [3.63, 3.8) is 0 Å². The molecule has 0 aromatic carbocycles. The first kappa shape index (κ1) is 25.6. The minimum Gasteiger partial charge on any atom is -0.365 e. The molecule has 1 aromatic heterocycles. The van der Waals surface area contributed by atoms with Gasteiger partial charge in [0.25, 0.3) is 5.91 Å². The lowest BCUT2D eigenvalue weighted by molar-refractivity contribution is -0.124. The number of hydroxylamine groups is 1. The summed E-state index contributed by atoms with van der Waals surface area (Å²) in [6.07, 6.45) is 16.9. The Morgan fingerprint density at radius 3 is 2.62 bits per heavy atom. The highest BCUT2D eigenvalue weighted by molar-refractivity contribution is 5.90. The molecule has 9 heteroatoms. The molecule has 2 heterocycles. The Morgan fingerprint density at radius 2 is 1.93 bits per heavy atom. The van der Waals surface area contributed by atoms with Crippen LogP contribution < -0.4 is 10.8 Å². The number of likely N-dealkylation sites (tertiary alicyclic amines) is 1. The molecule has 3 rings (SSSR count). The standard InChI is InChI=1S/C20H31N5O2.2ClH/c26-20(24-27)9-8-17-13-22-19(14-21-17)23-18-7-4-11-25(15-18)12-10-16-5-2-1-3-6-16;;/h8-9,13-14,16,18,27H,1-7,10-12,15H2,(H,22,23)(H,24,26);2*1H/b9-8+;;/t18-;;/m1../s1. The molecular formula is C20H33Cl2N5O2. The normalized spacial score (nSPS) is 20.5. The molecule has 1 saturated carbocycles. The van der Waals surface area contributed by atoms with Crippen molar-refractivity contribution in [1.29, 1.82) is 0 Å². The number of rotatable bonds is 7. The summed E-state index contributed by atoms with van der Waals surface area (Å²) in [6.45, 7) is 3.48. The molecule has 164 valence electrons. The van der Waals surface area contributed by atoms with Gasteiger partial charge in [0.1, 0.15) is 5.82 Å². The Hall–Kier alpha value is -1.41. The highest BCUT2D eigenvalue weighted by Gasteiger charge is 2.21. The third-order valence-corrected chi connectivity index (χ3v) is 5.62. The lowest BCUT2D eigenvalue weighted by Gasteiger charge is -2.34. The average Bonchev–Trinajstić information content (AvgIpc) is 2.72. The molecule has 2 aliphatic rings. The fourth-order valence-electron chi connectivity index (χ4n) is 4.12. The van der Waals surface area contributed by atoms with E-state index in [-0.39, 0.29) is 24.8 Å². The Morgan fingerprint density at radius 1 is 1.14 bits per heavy atom. The number of anilines is 1. The van der Waals surface area contributed by atoms with Crippen molar-refractivity contribution in [3.8, 4) is 0 Å². The highest BCUT2D eigenvalue weighted by atomic mass is 35.5. The Kier molecular flexibility index (Phi) is 12.1. The maximum atomic E-state index is 11.0. The molecule has 0 bridgehead atoms. The topological polar surface area (TPSA) is 90.4 Å². The van der Waals surface area contributed by atoms with E-state index in [1.165, 1.54) is 70.2 Å². The predicted octanol–water partition coefficient (Wildman–Crippen LogP) is 3.69. The van der Waals surface area contributed by atoms with E-state index in [4.69, 9.17) is 5.21 Å². The summed E-state index contributed by atoms with van der Waals surface area (Å²) in [5.41, 5.74) is 2.12. The van der Waals surface area contributed by atoms with Gasteiger partial charge in [0.05, 0.1) is 18.1 Å². The minimum absolute atomic E-state index is 0. The second kappa shape index (κ2) is 13.7. The van der Waals surface area contributed by atoms with Gasteiger partial charge < -0.3 is 10.2 Å². The molecule has 1 saturated heterocycles. The van der Waals surface area contributed by atoms with Crippen LogP contribution in [0.15, 0.2) is 18.5 Å². The zero-order valence-corrected chi connectivity index (χ0v) is 18.4. The quantitative estimate of drug-likeness (QED) is 0.336. The van der Waals surface area contributed by atoms with Gasteiger partial charge >= 0.3 is 0 Å². The van der Waals surface area contributed by atoms with Crippen molar-refractivity contribution in [2.24, 2.45) is 5.92 Å². The molecule has 0 radical (unpaired) electrons. The molecular weight excluding hydrogens is 413 g/mol. The SMILES string of the molecule is Cl.Cl.O=C(/C=C/c1cnc(N[C@@H]2CCCN(CCC3CCCCC3)C2)cn1)NO. The lowest BCUT2D eigenvalue weighted by Crippen LogP contribution is -2.43. The number of carbonyl (C=O) groups is 1. The second-order valence-electron chi connectivity index (χ2n) is 7.71. The van der Waals surface area contributed by atoms with Crippen molar-refractivity contribution < 1.29 is 10.0 Å². The first-order chi connectivity index (χ1) is 13.2. The molecule has 1 aliphatic heterocycles. The minimum atomic E-state index is -0.588. The van der Waals surface area contributed by atoms with Gasteiger partial charge in [-0.15, -0.1) is 24.8 Å². The molecule has 1 aromatic rings. The summed E-state index contributed by atoms with van der Waals surface area (Å²) < 4.78 is 0. The number of hydrogen-bond acceptors (Lipinski definition) is 6. The van der Waals surface area contributed by atoms with Gasteiger partial charge in [-0.25, -0.2) is 10.5 Å². The average molecular weight is 446 g/mol. The van der Waals surface area contributed by atoms with Gasteiger partial charge in [0.2, 0.25) is 0 Å². The van der Waals surface area contributed by atoms with Crippen molar-refractivity contribution in [2.45, 2.75) is 57.4 Å². The Bertz CT molecular complexity index is 624. The fourth-order valence-corrected chi connectivity index (χ4v) is 4.12. The maximum Gasteiger partial charge on any atom is 0.267 e. The molecule has 0 spiro atoms. The summed E-state index contributed by atoms with van der Waals surface area (Å²) in [6, 6.07) is 0.404. The van der Waals surface area contributed by atoms with Crippen molar-refractivity contribution in [3.05, 3.63) is 24.2 Å². The molecule has 1 amide bonds. The van der Waals surface area contributed by atoms with E-state index in [9.17, 15) is 4.79 Å². The van der Waals surface area contributed by atoms with E-state index < -0.39 is 5.91 Å². The van der Waals surface area contributed by atoms with Crippen LogP contribution in [-0.4, -0.2) is 51.7 Å². The van der Waals surface area contributed by atoms with E-state index in [0.29, 0.717) is 11.7 Å². The van der Waals surface area contributed by atoms with Crippen LogP contribution in [0, 0.1) is 5.92 Å². The Labute approximate surface area is 185 Å². The van der Waals surface area contributed by atoms with Gasteiger partial charge in [-0.2, -0.15) is 0 Å². The molecule has 29 heavy (non-hydrogen) atoms. The fraction of sp³-hybridized carbons (Fsp3) is 0.650. The van der Waals surface area contributed by atoms with Crippen molar-refractivity contribution in [1.82, 2.24) is 20.3 Å². The largest absolute Gasteiger partial charge is 0.365 e. The summed E-state index contributed by atoms with van der Waals surface area (Å²) in [7, 11) is 0. The summed E-state index contributed by atoms with van der Waals surface area (Å²) in [4.78, 5) is 22.2. The monoisotopic (exact) mass is 445 g/mol. The zero-order chi connectivity index (χ0) is 18.9. The first-order valence-corrected chi connectivity index (χ1v) is 10.2. The number of amides is 1. The van der Waals surface area contributed by atoms with Crippen LogP contribution in [0.2, 0.25) is 0 Å². The van der Waals surface area contributed by atoms with Gasteiger partial charge in [-0.05, 0) is 44.3 Å². The van der Waals surface area contributed by atoms with Crippen LogP contribution in [0.25, 0.3) is 6.08 Å². The number of aromatic nitrogens is 2.